The van der Waals surface area contributed by atoms with Crippen molar-refractivity contribution in [3.63, 3.8) is 0 Å². The number of benzene rings is 1. The minimum atomic E-state index is -0.161. The van der Waals surface area contributed by atoms with E-state index in [0.29, 0.717) is 36.2 Å². The van der Waals surface area contributed by atoms with Gasteiger partial charge in [-0.2, -0.15) is 0 Å². The zero-order valence-corrected chi connectivity index (χ0v) is 15.2. The number of fused-ring (bicyclic) bond motifs is 1. The van der Waals surface area contributed by atoms with E-state index in [4.69, 9.17) is 23.4 Å². The molecule has 1 unspecified atom stereocenters. The minimum Gasteiger partial charge on any atom is -0.484 e. The van der Waals surface area contributed by atoms with Crippen molar-refractivity contribution in [1.29, 1.82) is 0 Å². The fourth-order valence-electron chi connectivity index (χ4n) is 3.14. The number of hydrogen-bond acceptors (Lipinski definition) is 7. The van der Waals surface area contributed by atoms with Gasteiger partial charge in [-0.25, -0.2) is 4.98 Å². The Balaban J connectivity index is 1.35. The lowest BCUT2D eigenvalue weighted by Gasteiger charge is -2.22. The molecule has 8 nitrogen and oxygen atoms in total. The lowest BCUT2D eigenvalue weighted by molar-refractivity contribution is 0.0534. The lowest BCUT2D eigenvalue weighted by atomic mass is 10.2. The zero-order chi connectivity index (χ0) is 18.6. The number of carbonyl (C=O) groups is 1. The molecule has 4 rings (SSSR count). The van der Waals surface area contributed by atoms with Crippen LogP contribution in [0.15, 0.2) is 28.9 Å². The van der Waals surface area contributed by atoms with Gasteiger partial charge in [0.25, 0.3) is 5.91 Å². The lowest BCUT2D eigenvalue weighted by Crippen LogP contribution is -2.37. The molecule has 2 aromatic rings. The molecule has 1 fully saturated rings. The van der Waals surface area contributed by atoms with E-state index in [1.165, 1.54) is 6.26 Å². The van der Waals surface area contributed by atoms with Gasteiger partial charge in [-0.15, -0.1) is 0 Å². The van der Waals surface area contributed by atoms with Gasteiger partial charge in [-0.1, -0.05) is 0 Å². The molecule has 0 spiro atoms. The van der Waals surface area contributed by atoms with Crippen molar-refractivity contribution in [2.24, 2.45) is 0 Å². The molecule has 0 radical (unpaired) electrons. The number of rotatable bonds is 7. The van der Waals surface area contributed by atoms with Gasteiger partial charge < -0.3 is 28.3 Å². The molecule has 1 aromatic carbocycles. The van der Waals surface area contributed by atoms with Gasteiger partial charge in [0.05, 0.1) is 6.10 Å². The maximum Gasteiger partial charge on any atom is 0.275 e. The van der Waals surface area contributed by atoms with Crippen LogP contribution < -0.4 is 14.2 Å². The standard InChI is InChI=1S/C19H22N2O6/c1-2-21(9-14-4-3-7-23-14)19(22)15-10-25-18(20-15)11-24-13-5-6-16-17(8-13)27-12-26-16/h5-6,8,10,14H,2-4,7,9,11-12H2,1H3. The van der Waals surface area contributed by atoms with Gasteiger partial charge in [0, 0.05) is 25.8 Å². The highest BCUT2D eigenvalue weighted by molar-refractivity contribution is 5.92. The van der Waals surface area contributed by atoms with Crippen LogP contribution in [0.4, 0.5) is 0 Å². The first-order valence-electron chi connectivity index (χ1n) is 9.10. The molecule has 1 atom stereocenters. The van der Waals surface area contributed by atoms with Crippen LogP contribution in [0, 0.1) is 0 Å². The van der Waals surface area contributed by atoms with Gasteiger partial charge in [0.1, 0.15) is 12.0 Å². The molecule has 1 amide bonds. The Hall–Kier alpha value is -2.74. The molecule has 0 N–H and O–H groups in total. The molecule has 2 aliphatic heterocycles. The highest BCUT2D eigenvalue weighted by Crippen LogP contribution is 2.35. The van der Waals surface area contributed by atoms with Crippen molar-refractivity contribution in [2.45, 2.75) is 32.5 Å². The monoisotopic (exact) mass is 374 g/mol. The zero-order valence-electron chi connectivity index (χ0n) is 15.2. The molecule has 0 bridgehead atoms. The molecule has 0 saturated carbocycles. The third-order valence-electron chi connectivity index (χ3n) is 4.59. The van der Waals surface area contributed by atoms with Crippen molar-refractivity contribution in [1.82, 2.24) is 9.88 Å². The van der Waals surface area contributed by atoms with Crippen LogP contribution in [0.5, 0.6) is 17.2 Å². The Kier molecular flexibility index (Phi) is 5.15. The number of ether oxygens (including phenoxy) is 4. The SMILES string of the molecule is CCN(CC1CCCO1)C(=O)c1coc(COc2ccc3c(c2)OCO3)n1. The van der Waals surface area contributed by atoms with E-state index >= 15 is 0 Å². The third-order valence-corrected chi connectivity index (χ3v) is 4.59. The van der Waals surface area contributed by atoms with Crippen molar-refractivity contribution >= 4 is 5.91 Å². The fraction of sp³-hybridized carbons (Fsp3) is 0.474. The highest BCUT2D eigenvalue weighted by Gasteiger charge is 2.24. The average molecular weight is 374 g/mol. The molecule has 1 saturated heterocycles. The number of oxazole rings is 1. The largest absolute Gasteiger partial charge is 0.484 e. The smallest absolute Gasteiger partial charge is 0.275 e. The van der Waals surface area contributed by atoms with Gasteiger partial charge in [0.15, 0.2) is 23.8 Å². The van der Waals surface area contributed by atoms with Crippen molar-refractivity contribution < 1.29 is 28.2 Å². The number of likely N-dealkylation sites (N-methyl/N-ethyl adjacent to an activating group) is 1. The molecule has 3 heterocycles. The molecule has 1 aromatic heterocycles. The van der Waals surface area contributed by atoms with Crippen LogP contribution >= 0.6 is 0 Å². The van der Waals surface area contributed by atoms with E-state index in [1.54, 1.807) is 23.1 Å². The van der Waals surface area contributed by atoms with Crippen LogP contribution in [-0.2, 0) is 11.3 Å². The summed E-state index contributed by atoms with van der Waals surface area (Å²) in [4.78, 5) is 18.6. The summed E-state index contributed by atoms with van der Waals surface area (Å²) in [6.45, 7) is 4.20. The van der Waals surface area contributed by atoms with Crippen molar-refractivity contribution in [3.05, 3.63) is 36.0 Å². The number of aromatic nitrogens is 1. The van der Waals surface area contributed by atoms with Crippen LogP contribution in [-0.4, -0.2) is 48.4 Å². The summed E-state index contributed by atoms with van der Waals surface area (Å²) in [7, 11) is 0. The normalized spacial score (nSPS) is 17.9. The summed E-state index contributed by atoms with van der Waals surface area (Å²) in [6.07, 6.45) is 3.51. The molecule has 8 heteroatoms. The molecule has 2 aliphatic rings. The predicted molar refractivity (Wildman–Crippen MR) is 94.0 cm³/mol. The van der Waals surface area contributed by atoms with Gasteiger partial charge in [-0.05, 0) is 31.9 Å². The summed E-state index contributed by atoms with van der Waals surface area (Å²) >= 11 is 0. The second kappa shape index (κ2) is 7.87. The Morgan fingerprint density at radius 2 is 2.22 bits per heavy atom. The highest BCUT2D eigenvalue weighted by atomic mass is 16.7. The Labute approximate surface area is 157 Å². The number of nitrogens with zero attached hydrogens (tertiary/aromatic N) is 2. The van der Waals surface area contributed by atoms with Crippen molar-refractivity contribution in [2.75, 3.05) is 26.5 Å². The fourth-order valence-corrected chi connectivity index (χ4v) is 3.14. The summed E-state index contributed by atoms with van der Waals surface area (Å²) < 4.78 is 27.3. The summed E-state index contributed by atoms with van der Waals surface area (Å²) in [5.41, 5.74) is 0.277. The Morgan fingerprint density at radius 1 is 1.33 bits per heavy atom. The minimum absolute atomic E-state index is 0.106. The maximum absolute atomic E-state index is 12.7. The van der Waals surface area contributed by atoms with Gasteiger partial charge >= 0.3 is 0 Å². The second-order valence-corrected chi connectivity index (χ2v) is 6.41. The summed E-state index contributed by atoms with van der Waals surface area (Å²) in [6, 6.07) is 5.31. The van der Waals surface area contributed by atoms with Crippen LogP contribution in [0.25, 0.3) is 0 Å². The first-order valence-corrected chi connectivity index (χ1v) is 9.10. The average Bonchev–Trinajstić information content (AvgIpc) is 3.45. The van der Waals surface area contributed by atoms with E-state index in [1.807, 2.05) is 6.92 Å². The number of amides is 1. The van der Waals surface area contributed by atoms with E-state index in [-0.39, 0.29) is 31.1 Å². The second-order valence-electron chi connectivity index (χ2n) is 6.41. The Bertz CT molecular complexity index is 799. The van der Waals surface area contributed by atoms with E-state index in [0.717, 1.165) is 19.4 Å². The molecular weight excluding hydrogens is 352 g/mol. The molecule has 27 heavy (non-hydrogen) atoms. The first kappa shape index (κ1) is 17.7. The van der Waals surface area contributed by atoms with Gasteiger partial charge in [-0.3, -0.25) is 4.79 Å². The van der Waals surface area contributed by atoms with E-state index in [2.05, 4.69) is 4.98 Å². The number of carbonyl (C=O) groups excluding carboxylic acids is 1. The summed E-state index contributed by atoms with van der Waals surface area (Å²) in [5, 5.41) is 0. The summed E-state index contributed by atoms with van der Waals surface area (Å²) in [5.74, 6) is 2.12. The molecule has 0 aliphatic carbocycles. The van der Waals surface area contributed by atoms with Crippen LogP contribution in [0.2, 0.25) is 0 Å². The number of hydrogen-bond donors (Lipinski definition) is 0. The maximum atomic E-state index is 12.7. The van der Waals surface area contributed by atoms with Crippen LogP contribution in [0.1, 0.15) is 36.1 Å². The van der Waals surface area contributed by atoms with Crippen molar-refractivity contribution in [3.8, 4) is 17.2 Å². The first-order chi connectivity index (χ1) is 13.2. The topological polar surface area (TPSA) is 83.3 Å². The molecular formula is C19H22N2O6. The quantitative estimate of drug-likeness (QED) is 0.737. The van der Waals surface area contributed by atoms with E-state index in [9.17, 15) is 4.79 Å². The van der Waals surface area contributed by atoms with Gasteiger partial charge in [0.2, 0.25) is 12.7 Å². The Morgan fingerprint density at radius 3 is 3.04 bits per heavy atom. The van der Waals surface area contributed by atoms with Crippen LogP contribution in [0.3, 0.4) is 0 Å². The van der Waals surface area contributed by atoms with E-state index < -0.39 is 0 Å². The predicted octanol–water partition coefficient (Wildman–Crippen LogP) is 2.62. The molecule has 144 valence electrons. The third kappa shape index (κ3) is 4.00.